The first-order valence-corrected chi connectivity index (χ1v) is 17.1. The van der Waals surface area contributed by atoms with Gasteiger partial charge in [-0.1, -0.05) is 31.2 Å². The molecule has 3 aromatic rings. The number of nitrogens with zero attached hydrogens (tertiary/aromatic N) is 7. The Labute approximate surface area is 315 Å². The number of hydrogen-bond donors (Lipinski definition) is 4. The Bertz CT molecular complexity index is 1900. The van der Waals surface area contributed by atoms with Crippen LogP contribution in [0.25, 0.3) is 0 Å². The van der Waals surface area contributed by atoms with Gasteiger partial charge in [0.2, 0.25) is 0 Å². The van der Waals surface area contributed by atoms with Crippen molar-refractivity contribution in [1.29, 1.82) is 0 Å². The van der Waals surface area contributed by atoms with Crippen LogP contribution in [0.1, 0.15) is 63.6 Å². The molecular formula is C36H42ClF3N10O4. The fourth-order valence-electron chi connectivity index (χ4n) is 5.78. The van der Waals surface area contributed by atoms with E-state index in [1.165, 1.54) is 34.8 Å². The average Bonchev–Trinajstić information content (AvgIpc) is 3.65. The molecule has 2 aromatic heterocycles. The molecule has 1 aromatic carbocycles. The molecule has 1 unspecified atom stereocenters. The minimum atomic E-state index is -4.59. The van der Waals surface area contributed by atoms with Gasteiger partial charge < -0.3 is 30.7 Å². The first-order valence-electron chi connectivity index (χ1n) is 16.7. The van der Waals surface area contributed by atoms with Crippen LogP contribution in [0, 0.1) is 6.92 Å². The molecule has 288 valence electrons. The van der Waals surface area contributed by atoms with Crippen LogP contribution in [0.4, 0.5) is 13.2 Å². The van der Waals surface area contributed by atoms with E-state index in [9.17, 15) is 27.9 Å². The summed E-state index contributed by atoms with van der Waals surface area (Å²) in [6, 6.07) is 4.89. The number of fused-ring (bicyclic) bond motifs is 1. The van der Waals surface area contributed by atoms with Crippen molar-refractivity contribution in [3.8, 4) is 5.75 Å². The van der Waals surface area contributed by atoms with Crippen LogP contribution >= 0.6 is 11.6 Å². The number of alkyl halides is 3. The van der Waals surface area contributed by atoms with Gasteiger partial charge in [-0.25, -0.2) is 15.4 Å². The van der Waals surface area contributed by atoms with Crippen molar-refractivity contribution in [1.82, 2.24) is 40.5 Å². The second-order valence-electron chi connectivity index (χ2n) is 11.9. The Morgan fingerprint density at radius 3 is 2.50 bits per heavy atom. The summed E-state index contributed by atoms with van der Waals surface area (Å²) in [4.78, 5) is 48.3. The van der Waals surface area contributed by atoms with Gasteiger partial charge in [0.15, 0.2) is 11.4 Å². The van der Waals surface area contributed by atoms with E-state index >= 15 is 0 Å². The maximum absolute atomic E-state index is 14.6. The Morgan fingerprint density at radius 1 is 1.15 bits per heavy atom. The molecule has 0 spiro atoms. The zero-order valence-corrected chi connectivity index (χ0v) is 30.6. The summed E-state index contributed by atoms with van der Waals surface area (Å²) in [5.74, 6) is -1.24. The summed E-state index contributed by atoms with van der Waals surface area (Å²) in [5.41, 5.74) is 10.5. The van der Waals surface area contributed by atoms with Crippen LogP contribution in [0.15, 0.2) is 79.1 Å². The number of pyridine rings is 1. The number of ether oxygens (including phenoxy) is 1. The van der Waals surface area contributed by atoms with E-state index in [0.717, 1.165) is 23.4 Å². The maximum Gasteiger partial charge on any atom is 0.416 e. The van der Waals surface area contributed by atoms with Crippen molar-refractivity contribution in [2.45, 2.75) is 52.4 Å². The van der Waals surface area contributed by atoms with Crippen molar-refractivity contribution in [3.05, 3.63) is 118 Å². The van der Waals surface area contributed by atoms with Crippen molar-refractivity contribution >= 4 is 29.8 Å². The molecule has 1 atom stereocenters. The summed E-state index contributed by atoms with van der Waals surface area (Å²) in [6.07, 6.45) is 0.574. The van der Waals surface area contributed by atoms with E-state index in [4.69, 9.17) is 16.3 Å². The molecule has 0 bridgehead atoms. The number of hydrogen-bond acceptors (Lipinski definition) is 12. The van der Waals surface area contributed by atoms with E-state index in [1.807, 2.05) is 17.9 Å². The number of allylic oxidation sites excluding steroid dienone is 1. The van der Waals surface area contributed by atoms with E-state index < -0.39 is 29.7 Å². The largest absolute Gasteiger partial charge is 0.504 e. The first kappa shape index (κ1) is 41.2. The Hall–Kier alpha value is -5.52. The summed E-state index contributed by atoms with van der Waals surface area (Å²) in [7, 11) is 0. The molecule has 5 N–H and O–H groups in total. The lowest BCUT2D eigenvalue weighted by Gasteiger charge is -2.39. The number of aryl methyl sites for hydroxylation is 1. The number of carbonyl (C=O) groups is 2. The fourth-order valence-corrected chi connectivity index (χ4v) is 6.02. The van der Waals surface area contributed by atoms with Gasteiger partial charge in [0.1, 0.15) is 18.2 Å². The molecule has 1 fully saturated rings. The monoisotopic (exact) mass is 770 g/mol. The summed E-state index contributed by atoms with van der Waals surface area (Å²) in [6.45, 7) is 14.1. The first-order chi connectivity index (χ1) is 25.9. The van der Waals surface area contributed by atoms with E-state index in [0.29, 0.717) is 36.6 Å². The number of aromatic nitrogens is 3. The van der Waals surface area contributed by atoms with Gasteiger partial charge in [-0.15, -0.1) is 13.2 Å². The minimum Gasteiger partial charge on any atom is -0.504 e. The van der Waals surface area contributed by atoms with Crippen molar-refractivity contribution in [3.63, 3.8) is 0 Å². The number of aliphatic imine (C=N–C) groups is 1. The number of amides is 2. The fraction of sp³-hybridized carbons (Fsp3) is 0.333. The van der Waals surface area contributed by atoms with Gasteiger partial charge in [-0.3, -0.25) is 24.6 Å². The van der Waals surface area contributed by atoms with Gasteiger partial charge in [0, 0.05) is 54.2 Å². The SMILES string of the molecule is C=C.C=CN.CC/C1=C(\N2CCN(C(=O)c3ncnc(C)c3O)CC2)C(=O)N(Cc2ccc(C(F)(F)F)cc2Cl)NC(c2cnc3c(c2)COC3)/N=C/N1. The highest BCUT2D eigenvalue weighted by Gasteiger charge is 2.35. The van der Waals surface area contributed by atoms with Crippen LogP contribution in [0.3, 0.4) is 0 Å². The molecule has 1 saturated heterocycles. The molecule has 54 heavy (non-hydrogen) atoms. The van der Waals surface area contributed by atoms with Gasteiger partial charge in [-0.05, 0) is 43.3 Å². The van der Waals surface area contributed by atoms with Gasteiger partial charge in [0.05, 0.1) is 43.0 Å². The average molecular weight is 771 g/mol. The van der Waals surface area contributed by atoms with E-state index in [2.05, 4.69) is 56.2 Å². The number of piperazine rings is 1. The van der Waals surface area contributed by atoms with Crippen LogP contribution < -0.4 is 16.5 Å². The van der Waals surface area contributed by atoms with Gasteiger partial charge in [0.25, 0.3) is 11.8 Å². The van der Waals surface area contributed by atoms with Crippen molar-refractivity contribution in [2.24, 2.45) is 10.7 Å². The Balaban J connectivity index is 0.00000124. The highest BCUT2D eigenvalue weighted by Crippen LogP contribution is 2.33. The number of aromatic hydroxyl groups is 1. The number of nitrogens with two attached hydrogens (primary N) is 1. The smallest absolute Gasteiger partial charge is 0.416 e. The molecule has 18 heteroatoms. The molecule has 6 rings (SSSR count). The standard InChI is InChI=1S/C32H33ClF3N9O4.C2H5N.C2H4/c1-3-24-27(43-6-8-44(9-7-43)30(47)26-28(46)18(2)38-16-40-26)31(48)45(13-19-4-5-22(11-23(19)33)32(34,35)36)42-29(41-17-39-24)20-10-21-14-49-15-25(21)37-12-20;1-2-3;1-2/h4-5,10-12,16-17,29,42,46H,3,6-9,13-15H2,1-2H3,(H,39,41);2H,1,3H2;1-2H2/b27-24+;;. The highest BCUT2D eigenvalue weighted by atomic mass is 35.5. The summed E-state index contributed by atoms with van der Waals surface area (Å²) >= 11 is 6.36. The lowest BCUT2D eigenvalue weighted by Crippen LogP contribution is -2.53. The van der Waals surface area contributed by atoms with Crippen LogP contribution in [0.5, 0.6) is 5.75 Å². The van der Waals surface area contributed by atoms with Crippen LogP contribution in [0.2, 0.25) is 5.02 Å². The highest BCUT2D eigenvalue weighted by molar-refractivity contribution is 6.31. The third-order valence-electron chi connectivity index (χ3n) is 8.52. The zero-order chi connectivity index (χ0) is 39.6. The number of hydrazine groups is 1. The Kier molecular flexibility index (Phi) is 14.1. The number of halogens is 4. The molecule has 0 aliphatic carbocycles. The number of rotatable bonds is 6. The van der Waals surface area contributed by atoms with E-state index in [-0.39, 0.29) is 60.4 Å². The summed E-state index contributed by atoms with van der Waals surface area (Å²) < 4.78 is 45.8. The normalized spacial score (nSPS) is 19.1. The topological polar surface area (TPSA) is 174 Å². The quantitative estimate of drug-likeness (QED) is 0.256. The molecule has 3 aliphatic rings. The predicted octanol–water partition coefficient (Wildman–Crippen LogP) is 4.72. The lowest BCUT2D eigenvalue weighted by molar-refractivity contribution is -0.137. The number of benzene rings is 1. The minimum absolute atomic E-state index is 0.103. The Morgan fingerprint density at radius 2 is 1.85 bits per heavy atom. The molecule has 14 nitrogen and oxygen atoms in total. The third-order valence-corrected chi connectivity index (χ3v) is 8.87. The van der Waals surface area contributed by atoms with Gasteiger partial charge in [-0.2, -0.15) is 13.2 Å². The van der Waals surface area contributed by atoms with Crippen molar-refractivity contribution in [2.75, 3.05) is 26.2 Å². The van der Waals surface area contributed by atoms with Gasteiger partial charge >= 0.3 is 6.18 Å². The van der Waals surface area contributed by atoms with Crippen LogP contribution in [-0.4, -0.2) is 79.2 Å². The second kappa shape index (κ2) is 18.5. The molecule has 2 amide bonds. The lowest BCUT2D eigenvalue weighted by atomic mass is 10.1. The predicted molar refractivity (Wildman–Crippen MR) is 196 cm³/mol. The number of carbonyl (C=O) groups excluding carboxylic acids is 2. The maximum atomic E-state index is 14.6. The summed E-state index contributed by atoms with van der Waals surface area (Å²) in [5, 5.41) is 14.7. The van der Waals surface area contributed by atoms with E-state index in [1.54, 1.807) is 13.1 Å². The molecule has 3 aliphatic heterocycles. The zero-order valence-electron chi connectivity index (χ0n) is 29.9. The molecule has 5 heterocycles. The second-order valence-corrected chi connectivity index (χ2v) is 12.3. The van der Waals surface area contributed by atoms with Crippen LogP contribution in [-0.2, 0) is 35.5 Å². The van der Waals surface area contributed by atoms with Crippen molar-refractivity contribution < 1.29 is 32.6 Å². The molecule has 0 radical (unpaired) electrons. The molecular weight excluding hydrogens is 729 g/mol. The molecule has 0 saturated carbocycles. The third kappa shape index (κ3) is 9.52. The number of nitrogens with one attached hydrogen (secondary N) is 2.